The number of carbonyl (C=O) groups is 1. The third kappa shape index (κ3) is 3.92. The van der Waals surface area contributed by atoms with Crippen molar-refractivity contribution in [3.8, 4) is 6.07 Å². The van der Waals surface area contributed by atoms with Gasteiger partial charge in [-0.2, -0.15) is 5.26 Å². The molecule has 0 radical (unpaired) electrons. The van der Waals surface area contributed by atoms with Crippen LogP contribution in [0.25, 0.3) is 0 Å². The smallest absolute Gasteiger partial charge is 0.226 e. The third-order valence-corrected chi connectivity index (χ3v) is 5.90. The Labute approximate surface area is 140 Å². The van der Waals surface area contributed by atoms with Gasteiger partial charge in [0.2, 0.25) is 5.91 Å². The zero-order valence-electron chi connectivity index (χ0n) is 13.3. The van der Waals surface area contributed by atoms with Gasteiger partial charge in [-0.15, -0.1) is 11.3 Å². The van der Waals surface area contributed by atoms with Crippen molar-refractivity contribution in [2.45, 2.75) is 51.0 Å². The van der Waals surface area contributed by atoms with Crippen molar-refractivity contribution in [3.63, 3.8) is 0 Å². The number of rotatable bonds is 4. The Morgan fingerprint density at radius 1 is 1.39 bits per heavy atom. The lowest BCUT2D eigenvalue weighted by atomic mass is 10.1. The van der Waals surface area contributed by atoms with E-state index in [9.17, 15) is 15.2 Å². The lowest BCUT2D eigenvalue weighted by Crippen LogP contribution is -2.26. The fraction of sp³-hybridized carbons (Fsp3) is 0.647. The van der Waals surface area contributed by atoms with Gasteiger partial charge in [0.1, 0.15) is 11.1 Å². The van der Waals surface area contributed by atoms with E-state index in [-0.39, 0.29) is 12.0 Å². The van der Waals surface area contributed by atoms with E-state index >= 15 is 0 Å². The summed E-state index contributed by atoms with van der Waals surface area (Å²) in [6, 6.07) is 2.29. The molecule has 0 spiro atoms. The number of carbonyl (C=O) groups excluding carboxylic acids is 1. The van der Waals surface area contributed by atoms with E-state index in [1.54, 1.807) is 11.3 Å². The number of aliphatic hydroxyl groups is 1. The molecule has 1 amide bonds. The van der Waals surface area contributed by atoms with Gasteiger partial charge in [-0.3, -0.25) is 4.79 Å². The maximum Gasteiger partial charge on any atom is 0.226 e. The van der Waals surface area contributed by atoms with Gasteiger partial charge in [0.25, 0.3) is 0 Å². The predicted molar refractivity (Wildman–Crippen MR) is 90.6 cm³/mol. The number of β-amino-alcohol motifs (C(OH)–C–C–N with tert-alkyl or cyclic N) is 1. The monoisotopic (exact) mass is 333 g/mol. The summed E-state index contributed by atoms with van der Waals surface area (Å²) in [5.74, 6) is -0.0423. The van der Waals surface area contributed by atoms with Crippen molar-refractivity contribution >= 4 is 22.2 Å². The van der Waals surface area contributed by atoms with Crippen LogP contribution in [0.5, 0.6) is 0 Å². The van der Waals surface area contributed by atoms with Crippen LogP contribution in [0.3, 0.4) is 0 Å². The van der Waals surface area contributed by atoms with Crippen molar-refractivity contribution in [1.82, 2.24) is 4.90 Å². The summed E-state index contributed by atoms with van der Waals surface area (Å²) >= 11 is 1.58. The molecule has 2 N–H and O–H groups in total. The SMILES string of the molecule is N#Cc1c(NC(=O)CCN2CC[C@@H](O)C2)sc2c1CCCCC2. The molecule has 0 unspecified atom stereocenters. The van der Waals surface area contributed by atoms with Gasteiger partial charge >= 0.3 is 0 Å². The molecule has 23 heavy (non-hydrogen) atoms. The molecular weight excluding hydrogens is 310 g/mol. The zero-order valence-corrected chi connectivity index (χ0v) is 14.1. The number of thiophene rings is 1. The molecule has 1 aromatic rings. The molecule has 1 aliphatic carbocycles. The molecule has 124 valence electrons. The summed E-state index contributed by atoms with van der Waals surface area (Å²) in [6.07, 6.45) is 6.43. The number of hydrogen-bond acceptors (Lipinski definition) is 5. The van der Waals surface area contributed by atoms with Gasteiger partial charge in [-0.25, -0.2) is 0 Å². The fourth-order valence-electron chi connectivity index (χ4n) is 3.41. The van der Waals surface area contributed by atoms with Gasteiger partial charge in [0.15, 0.2) is 0 Å². The van der Waals surface area contributed by atoms with Gasteiger partial charge in [-0.05, 0) is 37.7 Å². The summed E-state index contributed by atoms with van der Waals surface area (Å²) < 4.78 is 0. The van der Waals surface area contributed by atoms with E-state index < -0.39 is 0 Å². The minimum absolute atomic E-state index is 0.0423. The first-order valence-electron chi connectivity index (χ1n) is 8.42. The standard InChI is InChI=1S/C17H23N3O2S/c18-10-14-13-4-2-1-3-5-15(13)23-17(14)19-16(22)7-9-20-8-6-12(21)11-20/h12,21H,1-9,11H2,(H,19,22)/t12-/m1/s1. The minimum atomic E-state index is -0.254. The molecule has 1 fully saturated rings. The van der Waals surface area contributed by atoms with Crippen LogP contribution >= 0.6 is 11.3 Å². The van der Waals surface area contributed by atoms with E-state index in [1.807, 2.05) is 0 Å². The van der Waals surface area contributed by atoms with Gasteiger partial charge in [0.05, 0.1) is 11.7 Å². The molecule has 3 rings (SSSR count). The highest BCUT2D eigenvalue weighted by atomic mass is 32.1. The molecule has 6 heteroatoms. The molecule has 1 aromatic heterocycles. The van der Waals surface area contributed by atoms with Gasteiger partial charge < -0.3 is 15.3 Å². The first-order valence-corrected chi connectivity index (χ1v) is 9.24. The number of hydrogen-bond donors (Lipinski definition) is 2. The van der Waals surface area contributed by atoms with Crippen LogP contribution in [0.15, 0.2) is 0 Å². The Morgan fingerprint density at radius 2 is 2.22 bits per heavy atom. The van der Waals surface area contributed by atoms with E-state index in [0.29, 0.717) is 25.1 Å². The first-order chi connectivity index (χ1) is 11.2. The van der Waals surface area contributed by atoms with E-state index in [1.165, 1.54) is 17.7 Å². The molecule has 1 saturated heterocycles. The predicted octanol–water partition coefficient (Wildman–Crippen LogP) is 2.28. The topological polar surface area (TPSA) is 76.4 Å². The molecule has 2 heterocycles. The maximum atomic E-state index is 12.2. The van der Waals surface area contributed by atoms with Gasteiger partial charge in [-0.1, -0.05) is 6.42 Å². The summed E-state index contributed by atoms with van der Waals surface area (Å²) in [7, 11) is 0. The molecule has 0 bridgehead atoms. The Balaban J connectivity index is 1.61. The summed E-state index contributed by atoms with van der Waals surface area (Å²) in [5.41, 5.74) is 1.84. The minimum Gasteiger partial charge on any atom is -0.392 e. The third-order valence-electron chi connectivity index (χ3n) is 4.69. The van der Waals surface area contributed by atoms with Crippen LogP contribution in [0.4, 0.5) is 5.00 Å². The van der Waals surface area contributed by atoms with E-state index in [2.05, 4.69) is 16.3 Å². The highest BCUT2D eigenvalue weighted by molar-refractivity contribution is 7.16. The molecular formula is C17H23N3O2S. The summed E-state index contributed by atoms with van der Waals surface area (Å²) in [4.78, 5) is 15.6. The lowest BCUT2D eigenvalue weighted by molar-refractivity contribution is -0.116. The maximum absolute atomic E-state index is 12.2. The average Bonchev–Trinajstić information content (AvgIpc) is 3.01. The Kier molecular flexibility index (Phi) is 5.31. The Morgan fingerprint density at radius 3 is 2.96 bits per heavy atom. The van der Waals surface area contributed by atoms with E-state index in [0.717, 1.165) is 42.8 Å². The van der Waals surface area contributed by atoms with E-state index in [4.69, 9.17) is 0 Å². The molecule has 2 aliphatic rings. The average molecular weight is 333 g/mol. The number of aryl methyl sites for hydroxylation is 1. The number of likely N-dealkylation sites (tertiary alicyclic amines) is 1. The molecule has 1 aliphatic heterocycles. The highest BCUT2D eigenvalue weighted by Crippen LogP contribution is 2.37. The van der Waals surface area contributed by atoms with Crippen molar-refractivity contribution in [3.05, 3.63) is 16.0 Å². The fourth-order valence-corrected chi connectivity index (χ4v) is 4.67. The van der Waals surface area contributed by atoms with Gasteiger partial charge in [0, 0.05) is 30.9 Å². The first kappa shape index (κ1) is 16.4. The lowest BCUT2D eigenvalue weighted by Gasteiger charge is -2.14. The largest absolute Gasteiger partial charge is 0.392 e. The number of amides is 1. The number of anilines is 1. The second-order valence-electron chi connectivity index (χ2n) is 6.42. The second-order valence-corrected chi connectivity index (χ2v) is 7.53. The van der Waals surface area contributed by atoms with Crippen molar-refractivity contribution in [2.75, 3.05) is 25.0 Å². The highest BCUT2D eigenvalue weighted by Gasteiger charge is 2.23. The van der Waals surface area contributed by atoms with Crippen LogP contribution in [0.1, 0.15) is 48.1 Å². The molecule has 0 saturated carbocycles. The molecule has 5 nitrogen and oxygen atoms in total. The number of fused-ring (bicyclic) bond motifs is 1. The quantitative estimate of drug-likeness (QED) is 0.829. The number of nitriles is 1. The van der Waals surface area contributed by atoms with Crippen LogP contribution in [-0.2, 0) is 17.6 Å². The normalized spacial score (nSPS) is 21.5. The van der Waals surface area contributed by atoms with Crippen LogP contribution in [0.2, 0.25) is 0 Å². The van der Waals surface area contributed by atoms with Crippen molar-refractivity contribution in [1.29, 1.82) is 5.26 Å². The molecule has 1 atom stereocenters. The van der Waals surface area contributed by atoms with Crippen molar-refractivity contribution < 1.29 is 9.90 Å². The van der Waals surface area contributed by atoms with Crippen LogP contribution in [0, 0.1) is 11.3 Å². The Bertz CT molecular complexity index is 620. The second kappa shape index (κ2) is 7.43. The van der Waals surface area contributed by atoms with Crippen molar-refractivity contribution in [2.24, 2.45) is 0 Å². The number of nitrogens with zero attached hydrogens (tertiary/aromatic N) is 2. The van der Waals surface area contributed by atoms with Crippen LogP contribution < -0.4 is 5.32 Å². The summed E-state index contributed by atoms with van der Waals surface area (Å²) in [6.45, 7) is 2.17. The van der Waals surface area contributed by atoms with Crippen LogP contribution in [-0.4, -0.2) is 41.7 Å². The summed E-state index contributed by atoms with van der Waals surface area (Å²) in [5, 5.41) is 22.6. The Hall–Kier alpha value is -1.42. The number of nitrogens with one attached hydrogen (secondary N) is 1. The number of aliphatic hydroxyl groups excluding tert-OH is 1. The molecule has 0 aromatic carbocycles. The zero-order chi connectivity index (χ0) is 16.2.